The Kier molecular flexibility index (Phi) is 5.85. The summed E-state index contributed by atoms with van der Waals surface area (Å²) in [7, 11) is 1.31. The molecule has 0 radical (unpaired) electrons. The minimum atomic E-state index is -0.524. The molecule has 0 aliphatic heterocycles. The van der Waals surface area contributed by atoms with Crippen molar-refractivity contribution in [3.05, 3.63) is 71.7 Å². The molecule has 0 atom stereocenters. The third-order valence-corrected chi connectivity index (χ3v) is 6.38. The molecule has 0 unspecified atom stereocenters. The highest BCUT2D eigenvalue weighted by Crippen LogP contribution is 2.32. The fourth-order valence-electron chi connectivity index (χ4n) is 3.84. The second-order valence-electron chi connectivity index (χ2n) is 7.47. The Bertz CT molecular complexity index is 1560. The van der Waals surface area contributed by atoms with Crippen LogP contribution >= 0.6 is 11.8 Å². The highest BCUT2D eigenvalue weighted by molar-refractivity contribution is 8.00. The number of carbonyl (C=O) groups excluding carboxylic acids is 2. The number of esters is 2. The molecule has 170 valence electrons. The molecule has 5 aromatic rings. The van der Waals surface area contributed by atoms with E-state index in [4.69, 9.17) is 13.9 Å². The summed E-state index contributed by atoms with van der Waals surface area (Å²) in [6, 6.07) is 15.0. The first kappa shape index (κ1) is 21.8. The van der Waals surface area contributed by atoms with Crippen LogP contribution in [0.4, 0.5) is 0 Å². The predicted molar refractivity (Wildman–Crippen MR) is 128 cm³/mol. The van der Waals surface area contributed by atoms with Gasteiger partial charge in [-0.2, -0.15) is 0 Å². The Morgan fingerprint density at radius 2 is 1.79 bits per heavy atom. The number of carbonyl (C=O) groups is 2. The number of benzene rings is 2. The van der Waals surface area contributed by atoms with Crippen LogP contribution in [0.2, 0.25) is 0 Å². The molecule has 5 rings (SSSR count). The quantitative estimate of drug-likeness (QED) is 0.194. The van der Waals surface area contributed by atoms with Gasteiger partial charge in [-0.25, -0.2) is 19.7 Å². The number of aryl methyl sites for hydroxylation is 1. The Hall–Kier alpha value is -3.98. The second-order valence-corrected chi connectivity index (χ2v) is 8.44. The van der Waals surface area contributed by atoms with E-state index in [9.17, 15) is 9.59 Å². The monoisotopic (exact) mass is 473 g/mol. The van der Waals surface area contributed by atoms with E-state index in [0.717, 1.165) is 16.3 Å². The number of nitrogens with zero attached hydrogens (tertiary/aromatic N) is 3. The van der Waals surface area contributed by atoms with Crippen LogP contribution in [-0.4, -0.2) is 39.8 Å². The van der Waals surface area contributed by atoms with Crippen LogP contribution in [0.25, 0.3) is 33.0 Å². The molecule has 3 aromatic heterocycles. The summed E-state index contributed by atoms with van der Waals surface area (Å²) in [6.07, 6.45) is 1.45. The third kappa shape index (κ3) is 3.94. The number of hydrogen-bond donors (Lipinski definition) is 0. The van der Waals surface area contributed by atoms with Gasteiger partial charge in [-0.3, -0.25) is 4.79 Å². The van der Waals surface area contributed by atoms with E-state index in [1.54, 1.807) is 0 Å². The zero-order chi connectivity index (χ0) is 23.7. The van der Waals surface area contributed by atoms with Gasteiger partial charge in [-0.1, -0.05) is 42.1 Å². The fourth-order valence-corrected chi connectivity index (χ4v) is 4.57. The van der Waals surface area contributed by atoms with Gasteiger partial charge in [0.2, 0.25) is 0 Å². The molecule has 8 nitrogen and oxygen atoms in total. The van der Waals surface area contributed by atoms with Crippen molar-refractivity contribution in [2.75, 3.05) is 12.9 Å². The summed E-state index contributed by atoms with van der Waals surface area (Å²) in [6.45, 7) is 1.67. The zero-order valence-corrected chi connectivity index (χ0v) is 19.2. The van der Waals surface area contributed by atoms with Crippen LogP contribution in [0.15, 0.2) is 64.3 Å². The van der Waals surface area contributed by atoms with Crippen molar-refractivity contribution in [3.63, 3.8) is 0 Å². The molecule has 0 fully saturated rings. The van der Waals surface area contributed by atoms with Gasteiger partial charge >= 0.3 is 11.9 Å². The van der Waals surface area contributed by atoms with E-state index in [1.807, 2.05) is 55.5 Å². The van der Waals surface area contributed by atoms with Gasteiger partial charge in [0, 0.05) is 10.8 Å². The van der Waals surface area contributed by atoms with Gasteiger partial charge in [0.05, 0.1) is 29.6 Å². The van der Waals surface area contributed by atoms with E-state index in [-0.39, 0.29) is 12.4 Å². The minimum Gasteiger partial charge on any atom is -0.465 e. The van der Waals surface area contributed by atoms with Crippen LogP contribution < -0.4 is 0 Å². The average Bonchev–Trinajstić information content (AvgIpc) is 3.25. The molecule has 9 heteroatoms. The van der Waals surface area contributed by atoms with Crippen molar-refractivity contribution in [2.45, 2.75) is 18.6 Å². The summed E-state index contributed by atoms with van der Waals surface area (Å²) in [4.78, 5) is 38.1. The lowest BCUT2D eigenvalue weighted by atomic mass is 10.0. The maximum absolute atomic E-state index is 12.5. The molecule has 0 N–H and O–H groups in total. The lowest BCUT2D eigenvalue weighted by Crippen LogP contribution is -2.14. The zero-order valence-electron chi connectivity index (χ0n) is 18.4. The molecule has 0 saturated carbocycles. The molecule has 0 bridgehead atoms. The molecule has 2 aromatic carbocycles. The van der Waals surface area contributed by atoms with Crippen LogP contribution in [0, 0.1) is 6.92 Å². The predicted octanol–water partition coefficient (Wildman–Crippen LogP) is 4.85. The van der Waals surface area contributed by atoms with Crippen LogP contribution in [-0.2, 0) is 20.9 Å². The summed E-state index contributed by atoms with van der Waals surface area (Å²) < 4.78 is 16.3. The van der Waals surface area contributed by atoms with Gasteiger partial charge in [0.25, 0.3) is 0 Å². The number of para-hydroxylation sites is 2. The van der Waals surface area contributed by atoms with Gasteiger partial charge in [0.15, 0.2) is 5.58 Å². The number of fused-ring (bicyclic) bond motifs is 4. The van der Waals surface area contributed by atoms with Crippen molar-refractivity contribution in [1.29, 1.82) is 0 Å². The van der Waals surface area contributed by atoms with Gasteiger partial charge < -0.3 is 13.9 Å². The van der Waals surface area contributed by atoms with E-state index in [2.05, 4.69) is 15.0 Å². The van der Waals surface area contributed by atoms with Crippen LogP contribution in [0.5, 0.6) is 0 Å². The highest BCUT2D eigenvalue weighted by Gasteiger charge is 2.21. The molecule has 34 heavy (non-hydrogen) atoms. The lowest BCUT2D eigenvalue weighted by molar-refractivity contribution is -0.141. The van der Waals surface area contributed by atoms with Crippen molar-refractivity contribution in [3.8, 4) is 0 Å². The van der Waals surface area contributed by atoms with Gasteiger partial charge in [-0.15, -0.1) is 0 Å². The van der Waals surface area contributed by atoms with E-state index >= 15 is 0 Å². The van der Waals surface area contributed by atoms with Crippen LogP contribution in [0.3, 0.4) is 0 Å². The molecule has 0 aliphatic rings. The Morgan fingerprint density at radius 1 is 1.03 bits per heavy atom. The van der Waals surface area contributed by atoms with E-state index in [1.165, 1.54) is 25.2 Å². The van der Waals surface area contributed by atoms with Crippen molar-refractivity contribution in [1.82, 2.24) is 15.0 Å². The number of hydrogen-bond acceptors (Lipinski definition) is 9. The van der Waals surface area contributed by atoms with Crippen molar-refractivity contribution < 1.29 is 23.5 Å². The fraction of sp³-hybridized carbons (Fsp3) is 0.160. The average molecular weight is 474 g/mol. The number of aromatic nitrogens is 3. The van der Waals surface area contributed by atoms with Gasteiger partial charge in [0.1, 0.15) is 29.1 Å². The molecule has 3 heterocycles. The molecule has 0 aliphatic carbocycles. The molecule has 0 amide bonds. The lowest BCUT2D eigenvalue weighted by Gasteiger charge is -2.13. The number of ether oxygens (including phenoxy) is 2. The summed E-state index contributed by atoms with van der Waals surface area (Å²) in [5.74, 6) is -0.996. The Labute approximate surface area is 198 Å². The topological polar surface area (TPSA) is 104 Å². The normalized spacial score (nSPS) is 11.2. The Morgan fingerprint density at radius 3 is 2.62 bits per heavy atom. The number of methoxy groups -OCH3 is 1. The molecular formula is C25H19N3O5S. The summed E-state index contributed by atoms with van der Waals surface area (Å²) in [5.41, 5.74) is 4.02. The number of furan rings is 1. The summed E-state index contributed by atoms with van der Waals surface area (Å²) >= 11 is 1.20. The van der Waals surface area contributed by atoms with Crippen molar-refractivity contribution in [2.24, 2.45) is 0 Å². The molecule has 0 spiro atoms. The van der Waals surface area contributed by atoms with Gasteiger partial charge in [-0.05, 0) is 30.7 Å². The first-order chi connectivity index (χ1) is 16.6. The smallest absolute Gasteiger partial charge is 0.340 e. The van der Waals surface area contributed by atoms with E-state index < -0.39 is 11.9 Å². The highest BCUT2D eigenvalue weighted by atomic mass is 32.2. The number of pyridine rings is 1. The molecular weight excluding hydrogens is 454 g/mol. The van der Waals surface area contributed by atoms with Crippen LogP contribution in [0.1, 0.15) is 21.6 Å². The maximum Gasteiger partial charge on any atom is 0.340 e. The van der Waals surface area contributed by atoms with Crippen molar-refractivity contribution >= 4 is 56.7 Å². The minimum absolute atomic E-state index is 0.00325. The third-order valence-electron chi connectivity index (χ3n) is 5.44. The summed E-state index contributed by atoms with van der Waals surface area (Å²) in [5, 5.41) is 2.28. The number of thioether (sulfide) groups is 1. The number of rotatable bonds is 6. The standard InChI is InChI=1S/C25H19N3O5S/c1-14-15-7-3-5-9-17(15)28-18(21(14)25(30)31-2)11-32-20(29)12-34-24-23-22(26-13-27-24)16-8-4-6-10-19(16)33-23/h3-10,13H,11-12H2,1-2H3. The SMILES string of the molecule is COC(=O)c1c(COC(=O)CSc2ncnc3c2oc2ccccc23)nc2ccccc2c1C. The molecule has 0 saturated heterocycles. The second kappa shape index (κ2) is 9.11. The first-order valence-corrected chi connectivity index (χ1v) is 11.4. The Balaban J connectivity index is 1.34. The maximum atomic E-state index is 12.5. The van der Waals surface area contributed by atoms with E-state index in [0.29, 0.717) is 38.5 Å². The first-order valence-electron chi connectivity index (χ1n) is 10.4. The largest absolute Gasteiger partial charge is 0.465 e.